The molecule has 0 N–H and O–H groups in total. The molecule has 3 rings (SSSR count). The maximum absolute atomic E-state index is 13.2. The van der Waals surface area contributed by atoms with E-state index in [-0.39, 0.29) is 17.5 Å². The van der Waals surface area contributed by atoms with Gasteiger partial charge in [0.1, 0.15) is 5.82 Å². The number of hydrogen-bond acceptors (Lipinski definition) is 4. The van der Waals surface area contributed by atoms with Gasteiger partial charge in [0, 0.05) is 18.6 Å². The van der Waals surface area contributed by atoms with Crippen LogP contribution in [0.5, 0.6) is 0 Å². The van der Waals surface area contributed by atoms with Gasteiger partial charge in [-0.2, -0.15) is 5.26 Å². The molecule has 0 amide bonds. The van der Waals surface area contributed by atoms with Gasteiger partial charge in [-0.15, -0.1) is 0 Å². The SMILES string of the molecule is N#Cc1cc(F)ccc1CN(C1CC1)[C@H]1CCS(=O)(=O)C1. The normalized spacial score (nSPS) is 24.1. The first-order valence-corrected chi connectivity index (χ1v) is 8.95. The van der Waals surface area contributed by atoms with Gasteiger partial charge in [-0.3, -0.25) is 4.90 Å². The minimum Gasteiger partial charge on any atom is -0.292 e. The molecule has 112 valence electrons. The summed E-state index contributed by atoms with van der Waals surface area (Å²) < 4.78 is 36.6. The van der Waals surface area contributed by atoms with E-state index < -0.39 is 15.7 Å². The van der Waals surface area contributed by atoms with Gasteiger partial charge in [-0.1, -0.05) is 6.07 Å². The number of rotatable bonds is 4. The molecule has 2 aliphatic rings. The number of nitrogens with zero attached hydrogens (tertiary/aromatic N) is 2. The van der Waals surface area contributed by atoms with Crippen LogP contribution in [0, 0.1) is 17.1 Å². The van der Waals surface area contributed by atoms with Crippen LogP contribution in [0.3, 0.4) is 0 Å². The standard InChI is InChI=1S/C15H17FN2O2S/c16-13-2-1-11(12(7-13)8-17)9-18(14-3-4-14)15-5-6-21(19,20)10-15/h1-2,7,14-15H,3-6,9-10H2/t15-/m0/s1. The highest BCUT2D eigenvalue weighted by atomic mass is 32.2. The van der Waals surface area contributed by atoms with Crippen molar-refractivity contribution in [1.29, 1.82) is 5.26 Å². The van der Waals surface area contributed by atoms with Crippen molar-refractivity contribution in [3.63, 3.8) is 0 Å². The van der Waals surface area contributed by atoms with Gasteiger partial charge in [-0.05, 0) is 37.0 Å². The van der Waals surface area contributed by atoms with E-state index in [9.17, 15) is 12.8 Å². The van der Waals surface area contributed by atoms with Crippen molar-refractivity contribution in [2.24, 2.45) is 0 Å². The molecule has 1 aromatic rings. The van der Waals surface area contributed by atoms with Gasteiger partial charge in [-0.25, -0.2) is 12.8 Å². The van der Waals surface area contributed by atoms with Crippen LogP contribution in [-0.2, 0) is 16.4 Å². The van der Waals surface area contributed by atoms with E-state index in [4.69, 9.17) is 5.26 Å². The first-order valence-electron chi connectivity index (χ1n) is 7.13. The summed E-state index contributed by atoms with van der Waals surface area (Å²) in [5.74, 6) is 0.0267. The number of nitriles is 1. The Labute approximate surface area is 124 Å². The highest BCUT2D eigenvalue weighted by molar-refractivity contribution is 7.91. The Balaban J connectivity index is 1.82. The van der Waals surface area contributed by atoms with E-state index >= 15 is 0 Å². The average molecular weight is 308 g/mol. The fraction of sp³-hybridized carbons (Fsp3) is 0.533. The number of halogens is 1. The molecule has 1 heterocycles. The second-order valence-electron chi connectivity index (χ2n) is 5.87. The molecule has 0 unspecified atom stereocenters. The third kappa shape index (κ3) is 3.25. The van der Waals surface area contributed by atoms with E-state index in [1.54, 1.807) is 6.07 Å². The molecule has 1 atom stereocenters. The zero-order valence-corrected chi connectivity index (χ0v) is 12.4. The fourth-order valence-corrected chi connectivity index (χ4v) is 4.73. The zero-order chi connectivity index (χ0) is 15.0. The molecule has 1 saturated carbocycles. The molecule has 21 heavy (non-hydrogen) atoms. The van der Waals surface area contributed by atoms with Crippen LogP contribution >= 0.6 is 0 Å². The van der Waals surface area contributed by atoms with Crippen molar-refractivity contribution >= 4 is 9.84 Å². The zero-order valence-electron chi connectivity index (χ0n) is 11.6. The van der Waals surface area contributed by atoms with Crippen LogP contribution in [0.1, 0.15) is 30.4 Å². The molecule has 0 bridgehead atoms. The summed E-state index contributed by atoms with van der Waals surface area (Å²) in [5, 5.41) is 9.13. The van der Waals surface area contributed by atoms with Crippen LogP contribution in [0.2, 0.25) is 0 Å². The van der Waals surface area contributed by atoms with Crippen LogP contribution in [0.25, 0.3) is 0 Å². The summed E-state index contributed by atoms with van der Waals surface area (Å²) in [6.45, 7) is 0.522. The molecular formula is C15H17FN2O2S. The Kier molecular flexibility index (Phi) is 3.72. The van der Waals surface area contributed by atoms with Gasteiger partial charge in [0.2, 0.25) is 0 Å². The Bertz CT molecular complexity index is 692. The lowest BCUT2D eigenvalue weighted by Gasteiger charge is -2.28. The highest BCUT2D eigenvalue weighted by Crippen LogP contribution is 2.34. The van der Waals surface area contributed by atoms with Gasteiger partial charge in [0.15, 0.2) is 9.84 Å². The molecule has 1 aromatic carbocycles. The quantitative estimate of drug-likeness (QED) is 0.851. The summed E-state index contributed by atoms with van der Waals surface area (Å²) in [7, 11) is -2.93. The lowest BCUT2D eigenvalue weighted by molar-refractivity contribution is 0.193. The molecule has 1 saturated heterocycles. The van der Waals surface area contributed by atoms with E-state index in [0.717, 1.165) is 18.4 Å². The molecule has 0 radical (unpaired) electrons. The van der Waals surface area contributed by atoms with Crippen molar-refractivity contribution in [2.45, 2.75) is 37.9 Å². The minimum absolute atomic E-state index is 0.0269. The summed E-state index contributed by atoms with van der Waals surface area (Å²) in [6, 6.07) is 6.68. The van der Waals surface area contributed by atoms with Crippen molar-refractivity contribution in [3.05, 3.63) is 35.1 Å². The van der Waals surface area contributed by atoms with Crippen molar-refractivity contribution < 1.29 is 12.8 Å². The van der Waals surface area contributed by atoms with Crippen LogP contribution < -0.4 is 0 Å². The Hall–Kier alpha value is -1.45. The van der Waals surface area contributed by atoms with E-state index in [1.807, 2.05) is 6.07 Å². The van der Waals surface area contributed by atoms with E-state index in [0.29, 0.717) is 24.6 Å². The predicted molar refractivity (Wildman–Crippen MR) is 76.7 cm³/mol. The summed E-state index contributed by atoms with van der Waals surface area (Å²) >= 11 is 0. The smallest absolute Gasteiger partial charge is 0.151 e. The van der Waals surface area contributed by atoms with E-state index in [1.165, 1.54) is 12.1 Å². The van der Waals surface area contributed by atoms with Crippen molar-refractivity contribution in [3.8, 4) is 6.07 Å². The third-order valence-corrected chi connectivity index (χ3v) is 5.99. The van der Waals surface area contributed by atoms with Crippen molar-refractivity contribution in [1.82, 2.24) is 4.90 Å². The molecule has 1 aliphatic carbocycles. The summed E-state index contributed by atoms with van der Waals surface area (Å²) in [5.41, 5.74) is 1.11. The van der Waals surface area contributed by atoms with Crippen molar-refractivity contribution in [2.75, 3.05) is 11.5 Å². The molecule has 1 aliphatic heterocycles. The lowest BCUT2D eigenvalue weighted by atomic mass is 10.1. The molecule has 4 nitrogen and oxygen atoms in total. The topological polar surface area (TPSA) is 61.2 Å². The van der Waals surface area contributed by atoms with E-state index in [2.05, 4.69) is 4.90 Å². The minimum atomic E-state index is -2.93. The maximum Gasteiger partial charge on any atom is 0.151 e. The Morgan fingerprint density at radius 2 is 2.05 bits per heavy atom. The molecule has 0 spiro atoms. The molecule has 2 fully saturated rings. The Morgan fingerprint density at radius 1 is 1.29 bits per heavy atom. The van der Waals surface area contributed by atoms with Gasteiger partial charge in [0.05, 0.1) is 23.1 Å². The Morgan fingerprint density at radius 3 is 2.62 bits per heavy atom. The third-order valence-electron chi connectivity index (χ3n) is 4.24. The van der Waals surface area contributed by atoms with Gasteiger partial charge < -0.3 is 0 Å². The fourth-order valence-electron chi connectivity index (χ4n) is 2.99. The van der Waals surface area contributed by atoms with Gasteiger partial charge >= 0.3 is 0 Å². The van der Waals surface area contributed by atoms with Gasteiger partial charge in [0.25, 0.3) is 0 Å². The summed E-state index contributed by atoms with van der Waals surface area (Å²) in [6.07, 6.45) is 2.79. The summed E-state index contributed by atoms with van der Waals surface area (Å²) in [4.78, 5) is 2.19. The first kappa shape index (κ1) is 14.5. The second-order valence-corrected chi connectivity index (χ2v) is 8.10. The van der Waals surface area contributed by atoms with Crippen LogP contribution in [0.4, 0.5) is 4.39 Å². The van der Waals surface area contributed by atoms with Crippen LogP contribution in [-0.4, -0.2) is 36.9 Å². The number of hydrogen-bond donors (Lipinski definition) is 0. The highest BCUT2D eigenvalue weighted by Gasteiger charge is 2.39. The average Bonchev–Trinajstić information content (AvgIpc) is 3.21. The largest absolute Gasteiger partial charge is 0.292 e. The first-order chi connectivity index (χ1) is 9.98. The second kappa shape index (κ2) is 5.39. The monoisotopic (exact) mass is 308 g/mol. The predicted octanol–water partition coefficient (Wildman–Crippen LogP) is 1.85. The number of sulfone groups is 1. The van der Waals surface area contributed by atoms with Crippen LogP contribution in [0.15, 0.2) is 18.2 Å². The molecule has 0 aromatic heterocycles. The number of benzene rings is 1. The maximum atomic E-state index is 13.2. The lowest BCUT2D eigenvalue weighted by Crippen LogP contribution is -2.37. The molecule has 6 heteroatoms. The molecular weight excluding hydrogens is 291 g/mol.